The Morgan fingerprint density at radius 3 is 2.46 bits per heavy atom. The van der Waals surface area contributed by atoms with Crippen molar-refractivity contribution in [3.05, 3.63) is 58.4 Å². The van der Waals surface area contributed by atoms with Crippen molar-refractivity contribution in [2.24, 2.45) is 7.05 Å². The first-order valence-corrected chi connectivity index (χ1v) is 12.9. The number of imidazole rings is 1. The molecule has 0 amide bonds. The highest BCUT2D eigenvalue weighted by Crippen LogP contribution is 2.46. The van der Waals surface area contributed by atoms with E-state index in [-0.39, 0.29) is 0 Å². The topological polar surface area (TPSA) is 77.2 Å². The predicted molar refractivity (Wildman–Crippen MR) is 140 cm³/mol. The summed E-state index contributed by atoms with van der Waals surface area (Å²) in [6, 6.07) is 8.26. The molecule has 0 aliphatic heterocycles. The second kappa shape index (κ2) is 8.88. The second-order valence-corrected chi connectivity index (χ2v) is 11.3. The van der Waals surface area contributed by atoms with Gasteiger partial charge >= 0.3 is 5.97 Å². The van der Waals surface area contributed by atoms with E-state index in [4.69, 9.17) is 9.72 Å². The van der Waals surface area contributed by atoms with Crippen LogP contribution in [0.25, 0.3) is 32.7 Å². The lowest BCUT2D eigenvalue weighted by atomic mass is 9.87. The first kappa shape index (κ1) is 23.7. The number of aryl methyl sites for hydroxylation is 4. The average molecular weight is 490 g/mol. The van der Waals surface area contributed by atoms with Crippen molar-refractivity contribution in [3.8, 4) is 22.5 Å². The lowest BCUT2D eigenvalue weighted by molar-refractivity contribution is -0.160. The highest BCUT2D eigenvalue weighted by atomic mass is 32.1. The molecule has 182 valence electrons. The van der Waals surface area contributed by atoms with Gasteiger partial charge in [0.15, 0.2) is 6.10 Å². The number of nitrogens with zero attached hydrogens (tertiary/aromatic N) is 3. The second-order valence-electron chi connectivity index (χ2n) is 10.3. The summed E-state index contributed by atoms with van der Waals surface area (Å²) in [6.45, 7) is 7.56. The maximum atomic E-state index is 12.6. The highest BCUT2D eigenvalue weighted by molar-refractivity contribution is 7.19. The van der Waals surface area contributed by atoms with Crippen LogP contribution in [0.1, 0.15) is 61.4 Å². The molecule has 6 nitrogen and oxygen atoms in total. The van der Waals surface area contributed by atoms with E-state index < -0.39 is 17.7 Å². The number of hydrogen-bond donors (Lipinski definition) is 1. The number of carboxylic acid groups (broad SMARTS) is 1. The van der Waals surface area contributed by atoms with Gasteiger partial charge in [-0.25, -0.2) is 14.8 Å². The van der Waals surface area contributed by atoms with Crippen LogP contribution < -0.4 is 0 Å². The molecule has 0 fully saturated rings. The van der Waals surface area contributed by atoms with Crippen molar-refractivity contribution in [1.82, 2.24) is 14.5 Å². The minimum absolute atomic E-state index is 0.627. The number of fused-ring (bicyclic) bond motifs is 3. The quantitative estimate of drug-likeness (QED) is 0.347. The molecule has 1 aliphatic rings. The van der Waals surface area contributed by atoms with Gasteiger partial charge in [0.2, 0.25) is 0 Å². The van der Waals surface area contributed by atoms with Gasteiger partial charge in [0.25, 0.3) is 0 Å². The van der Waals surface area contributed by atoms with Crippen LogP contribution in [0.4, 0.5) is 0 Å². The molecule has 1 N–H and O–H groups in total. The van der Waals surface area contributed by atoms with Crippen molar-refractivity contribution in [1.29, 1.82) is 0 Å². The van der Waals surface area contributed by atoms with E-state index in [9.17, 15) is 9.90 Å². The van der Waals surface area contributed by atoms with Gasteiger partial charge in [-0.3, -0.25) is 0 Å². The van der Waals surface area contributed by atoms with Crippen LogP contribution >= 0.6 is 11.3 Å². The molecule has 1 atom stereocenters. The number of hydrogen-bond acceptors (Lipinski definition) is 5. The number of thiophene rings is 1. The van der Waals surface area contributed by atoms with Crippen LogP contribution in [0.2, 0.25) is 0 Å². The average Bonchev–Trinajstić information content (AvgIpc) is 3.39. The van der Waals surface area contributed by atoms with Crippen molar-refractivity contribution < 1.29 is 14.6 Å². The van der Waals surface area contributed by atoms with Crippen molar-refractivity contribution in [2.45, 2.75) is 65.1 Å². The third-order valence-corrected chi connectivity index (χ3v) is 7.73. The molecule has 3 aromatic heterocycles. The van der Waals surface area contributed by atoms with E-state index in [0.29, 0.717) is 11.3 Å². The third-order valence-electron chi connectivity index (χ3n) is 6.54. The lowest BCUT2D eigenvalue weighted by Gasteiger charge is -2.28. The minimum Gasteiger partial charge on any atom is -0.479 e. The minimum atomic E-state index is -1.12. The van der Waals surface area contributed by atoms with Gasteiger partial charge in [-0.15, -0.1) is 11.3 Å². The zero-order valence-electron chi connectivity index (χ0n) is 20.9. The Bertz CT molecular complexity index is 1410. The first-order valence-electron chi connectivity index (χ1n) is 12.1. The SMILES string of the molecule is Cc1nc2sc3c(c2c(-c2ccc(-c4nccn4C)cc2)c1C(OC(C)(C)C)C(=O)O)CCCC3. The largest absolute Gasteiger partial charge is 0.479 e. The molecule has 0 saturated heterocycles. The van der Waals surface area contributed by atoms with Crippen LogP contribution in [0.5, 0.6) is 0 Å². The molecular weight excluding hydrogens is 458 g/mol. The van der Waals surface area contributed by atoms with Gasteiger partial charge in [0.05, 0.1) is 5.60 Å². The zero-order valence-corrected chi connectivity index (χ0v) is 21.7. The Labute approximate surface area is 209 Å². The Morgan fingerprint density at radius 1 is 1.14 bits per heavy atom. The van der Waals surface area contributed by atoms with Crippen molar-refractivity contribution in [2.75, 3.05) is 0 Å². The summed E-state index contributed by atoms with van der Waals surface area (Å²) < 4.78 is 8.13. The molecule has 0 radical (unpaired) electrons. The highest BCUT2D eigenvalue weighted by Gasteiger charge is 2.34. The van der Waals surface area contributed by atoms with Crippen LogP contribution in [0.3, 0.4) is 0 Å². The summed E-state index contributed by atoms with van der Waals surface area (Å²) in [5.41, 5.74) is 4.98. The first-order chi connectivity index (χ1) is 16.6. The number of ether oxygens (including phenoxy) is 1. The van der Waals surface area contributed by atoms with E-state index in [1.807, 2.05) is 45.5 Å². The van der Waals surface area contributed by atoms with Crippen molar-refractivity contribution >= 4 is 27.5 Å². The molecule has 35 heavy (non-hydrogen) atoms. The Kier molecular flexibility index (Phi) is 6.01. The van der Waals surface area contributed by atoms with E-state index in [0.717, 1.165) is 52.0 Å². The van der Waals surface area contributed by atoms with Gasteiger partial charge in [0, 0.05) is 52.1 Å². The molecule has 1 unspecified atom stereocenters. The molecule has 0 bridgehead atoms. The number of pyridine rings is 1. The summed E-state index contributed by atoms with van der Waals surface area (Å²) >= 11 is 1.76. The Morgan fingerprint density at radius 2 is 1.83 bits per heavy atom. The van der Waals surface area contributed by atoms with E-state index in [1.165, 1.54) is 16.9 Å². The van der Waals surface area contributed by atoms with Gasteiger partial charge in [-0.05, 0) is 64.5 Å². The summed E-state index contributed by atoms with van der Waals surface area (Å²) in [5, 5.41) is 11.4. The monoisotopic (exact) mass is 489 g/mol. The number of aliphatic carboxylic acids is 1. The Balaban J connectivity index is 1.78. The van der Waals surface area contributed by atoms with Crippen LogP contribution in [-0.2, 0) is 29.4 Å². The zero-order chi connectivity index (χ0) is 24.9. The maximum absolute atomic E-state index is 12.6. The molecule has 3 heterocycles. The summed E-state index contributed by atoms with van der Waals surface area (Å²) in [7, 11) is 1.98. The summed E-state index contributed by atoms with van der Waals surface area (Å²) in [4.78, 5) is 24.3. The molecule has 0 saturated carbocycles. The number of benzene rings is 1. The normalized spacial score (nSPS) is 14.8. The summed E-state index contributed by atoms with van der Waals surface area (Å²) in [5.74, 6) is -0.112. The maximum Gasteiger partial charge on any atom is 0.337 e. The van der Waals surface area contributed by atoms with Gasteiger partial charge in [0.1, 0.15) is 10.7 Å². The van der Waals surface area contributed by atoms with E-state index in [1.54, 1.807) is 17.5 Å². The van der Waals surface area contributed by atoms with E-state index in [2.05, 4.69) is 29.2 Å². The number of rotatable bonds is 5. The molecule has 0 spiro atoms. The third kappa shape index (κ3) is 4.39. The van der Waals surface area contributed by atoms with Crippen molar-refractivity contribution in [3.63, 3.8) is 0 Å². The number of carboxylic acids is 1. The predicted octanol–water partition coefficient (Wildman–Crippen LogP) is 6.49. The molecule has 5 rings (SSSR count). The fraction of sp³-hybridized carbons (Fsp3) is 0.393. The summed E-state index contributed by atoms with van der Waals surface area (Å²) in [6.07, 6.45) is 6.98. The van der Waals surface area contributed by atoms with Gasteiger partial charge < -0.3 is 14.4 Å². The standard InChI is InChI=1S/C28H31N3O3S/c1-16-21(24(27(32)33)34-28(2,3)4)22(23-19-8-6-7-9-20(19)35-26(23)30-16)17-10-12-18(13-11-17)25-29-14-15-31(25)5/h10-15,24H,6-9H2,1-5H3,(H,32,33). The number of carbonyl (C=O) groups is 1. The van der Waals surface area contributed by atoms with Gasteiger partial charge in [-0.2, -0.15) is 0 Å². The van der Waals surface area contributed by atoms with E-state index >= 15 is 0 Å². The molecule has 7 heteroatoms. The molecule has 1 aromatic carbocycles. The molecule has 4 aromatic rings. The number of aromatic nitrogens is 3. The van der Waals surface area contributed by atoms with Gasteiger partial charge in [-0.1, -0.05) is 24.3 Å². The fourth-order valence-electron chi connectivity index (χ4n) is 5.05. The van der Waals surface area contributed by atoms with Crippen LogP contribution in [-0.4, -0.2) is 31.2 Å². The molecule has 1 aliphatic carbocycles. The Hall–Kier alpha value is -3.03. The lowest BCUT2D eigenvalue weighted by Crippen LogP contribution is -2.28. The van der Waals surface area contributed by atoms with Crippen LogP contribution in [0.15, 0.2) is 36.7 Å². The smallest absolute Gasteiger partial charge is 0.337 e. The molecular formula is C28H31N3O3S. The fourth-order valence-corrected chi connectivity index (χ4v) is 6.37. The van der Waals surface area contributed by atoms with Crippen LogP contribution in [0, 0.1) is 6.92 Å².